The van der Waals surface area contributed by atoms with Crippen molar-refractivity contribution in [2.75, 3.05) is 6.54 Å². The maximum absolute atomic E-state index is 12.7. The lowest BCUT2D eigenvalue weighted by Gasteiger charge is -1.97. The van der Waals surface area contributed by atoms with Crippen LogP contribution >= 0.6 is 23.7 Å². The fourth-order valence-corrected chi connectivity index (χ4v) is 2.15. The lowest BCUT2D eigenvalue weighted by atomic mass is 10.2. The van der Waals surface area contributed by atoms with E-state index >= 15 is 0 Å². The third kappa shape index (κ3) is 3.77. The molecule has 2 aromatic rings. The van der Waals surface area contributed by atoms with Crippen LogP contribution in [-0.2, 0) is 6.54 Å². The van der Waals surface area contributed by atoms with Crippen LogP contribution in [0.15, 0.2) is 29.6 Å². The van der Waals surface area contributed by atoms with Gasteiger partial charge in [-0.05, 0) is 30.8 Å². The second-order valence-electron chi connectivity index (χ2n) is 3.41. The third-order valence-electron chi connectivity index (χ3n) is 2.22. The molecule has 0 aliphatic heterocycles. The molecule has 2 rings (SSSR count). The van der Waals surface area contributed by atoms with Crippen LogP contribution in [0.2, 0.25) is 0 Å². The highest BCUT2D eigenvalue weighted by atomic mass is 35.5. The Bertz CT molecular complexity index is 456. The molecule has 5 heteroatoms. The Morgan fingerprint density at radius 2 is 2.00 bits per heavy atom. The summed E-state index contributed by atoms with van der Waals surface area (Å²) in [5, 5.41) is 6.28. The van der Waals surface area contributed by atoms with E-state index in [-0.39, 0.29) is 18.2 Å². The average molecular weight is 273 g/mol. The average Bonchev–Trinajstić information content (AvgIpc) is 2.76. The number of hydrogen-bond donors (Lipinski definition) is 1. The van der Waals surface area contributed by atoms with Crippen molar-refractivity contribution >= 4 is 23.7 Å². The van der Waals surface area contributed by atoms with Crippen LogP contribution < -0.4 is 5.32 Å². The van der Waals surface area contributed by atoms with E-state index in [0.717, 1.165) is 29.4 Å². The molecule has 0 unspecified atom stereocenters. The molecule has 0 amide bonds. The largest absolute Gasteiger partial charge is 0.311 e. The van der Waals surface area contributed by atoms with Gasteiger partial charge in [-0.25, -0.2) is 9.37 Å². The molecule has 1 aromatic carbocycles. The standard InChI is InChI=1S/C12H13FN2S.ClH/c1-2-14-7-12-15-11(8-16-12)9-3-5-10(13)6-4-9;/h3-6,8,14H,2,7H2,1H3;1H. The van der Waals surface area contributed by atoms with E-state index in [1.54, 1.807) is 23.5 Å². The monoisotopic (exact) mass is 272 g/mol. The van der Waals surface area contributed by atoms with Crippen LogP contribution in [0, 0.1) is 5.82 Å². The smallest absolute Gasteiger partial charge is 0.123 e. The molecule has 0 atom stereocenters. The Labute approximate surface area is 110 Å². The number of nitrogens with one attached hydrogen (secondary N) is 1. The predicted octanol–water partition coefficient (Wildman–Crippen LogP) is 3.48. The van der Waals surface area contributed by atoms with Gasteiger partial charge in [0, 0.05) is 17.5 Å². The summed E-state index contributed by atoms with van der Waals surface area (Å²) in [5.41, 5.74) is 1.87. The van der Waals surface area contributed by atoms with Crippen molar-refractivity contribution in [1.82, 2.24) is 10.3 Å². The second-order valence-corrected chi connectivity index (χ2v) is 4.36. The summed E-state index contributed by atoms with van der Waals surface area (Å²) < 4.78 is 12.7. The van der Waals surface area contributed by atoms with E-state index in [2.05, 4.69) is 17.2 Å². The van der Waals surface area contributed by atoms with Gasteiger partial charge in [0.05, 0.1) is 5.69 Å². The van der Waals surface area contributed by atoms with E-state index in [9.17, 15) is 4.39 Å². The molecule has 0 aliphatic carbocycles. The SMILES string of the molecule is CCNCc1nc(-c2ccc(F)cc2)cs1.Cl. The molecule has 17 heavy (non-hydrogen) atoms. The summed E-state index contributed by atoms with van der Waals surface area (Å²) in [6.45, 7) is 3.79. The highest BCUT2D eigenvalue weighted by molar-refractivity contribution is 7.09. The van der Waals surface area contributed by atoms with Gasteiger partial charge >= 0.3 is 0 Å². The normalized spacial score (nSPS) is 10.0. The molecule has 0 saturated heterocycles. The van der Waals surface area contributed by atoms with Crippen molar-refractivity contribution in [3.05, 3.63) is 40.5 Å². The van der Waals surface area contributed by atoms with Gasteiger partial charge in [-0.1, -0.05) is 6.92 Å². The lowest BCUT2D eigenvalue weighted by Crippen LogP contribution is -2.11. The van der Waals surface area contributed by atoms with E-state index in [0.29, 0.717) is 0 Å². The van der Waals surface area contributed by atoms with Gasteiger partial charge in [0.2, 0.25) is 0 Å². The topological polar surface area (TPSA) is 24.9 Å². The second kappa shape index (κ2) is 6.69. The Morgan fingerprint density at radius 1 is 1.29 bits per heavy atom. The summed E-state index contributed by atoms with van der Waals surface area (Å²) in [6.07, 6.45) is 0. The number of aromatic nitrogens is 1. The highest BCUT2D eigenvalue weighted by Crippen LogP contribution is 2.21. The first kappa shape index (κ1) is 14.1. The van der Waals surface area contributed by atoms with Crippen molar-refractivity contribution in [2.24, 2.45) is 0 Å². The fraction of sp³-hybridized carbons (Fsp3) is 0.250. The van der Waals surface area contributed by atoms with Crippen LogP contribution in [0.25, 0.3) is 11.3 Å². The Hall–Kier alpha value is -0.970. The summed E-state index contributed by atoms with van der Waals surface area (Å²) in [4.78, 5) is 4.48. The quantitative estimate of drug-likeness (QED) is 0.922. The molecular weight excluding hydrogens is 259 g/mol. The van der Waals surface area contributed by atoms with Crippen LogP contribution in [0.5, 0.6) is 0 Å². The van der Waals surface area contributed by atoms with Gasteiger partial charge in [-0.2, -0.15) is 0 Å². The first-order chi connectivity index (χ1) is 7.79. The molecule has 0 spiro atoms. The van der Waals surface area contributed by atoms with Gasteiger partial charge in [-0.15, -0.1) is 23.7 Å². The van der Waals surface area contributed by atoms with E-state index in [1.165, 1.54) is 12.1 Å². The van der Waals surface area contributed by atoms with E-state index in [4.69, 9.17) is 0 Å². The fourth-order valence-electron chi connectivity index (χ4n) is 1.38. The van der Waals surface area contributed by atoms with Crippen LogP contribution in [0.1, 0.15) is 11.9 Å². The summed E-state index contributed by atoms with van der Waals surface area (Å²) >= 11 is 1.62. The molecule has 1 N–H and O–H groups in total. The van der Waals surface area contributed by atoms with Gasteiger partial charge < -0.3 is 5.32 Å². The number of hydrogen-bond acceptors (Lipinski definition) is 3. The zero-order valence-electron chi connectivity index (χ0n) is 9.44. The van der Waals surface area contributed by atoms with Gasteiger partial charge in [-0.3, -0.25) is 0 Å². The third-order valence-corrected chi connectivity index (χ3v) is 3.07. The van der Waals surface area contributed by atoms with Crippen molar-refractivity contribution in [3.63, 3.8) is 0 Å². The summed E-state index contributed by atoms with van der Waals surface area (Å²) in [7, 11) is 0. The summed E-state index contributed by atoms with van der Waals surface area (Å²) in [6, 6.07) is 6.42. The lowest BCUT2D eigenvalue weighted by molar-refractivity contribution is 0.628. The maximum Gasteiger partial charge on any atom is 0.123 e. The molecule has 0 saturated carbocycles. The molecule has 0 fully saturated rings. The van der Waals surface area contributed by atoms with E-state index in [1.807, 2.05) is 5.38 Å². The Morgan fingerprint density at radius 3 is 2.65 bits per heavy atom. The zero-order valence-corrected chi connectivity index (χ0v) is 11.1. The van der Waals surface area contributed by atoms with Gasteiger partial charge in [0.1, 0.15) is 10.8 Å². The van der Waals surface area contributed by atoms with Crippen LogP contribution in [0.4, 0.5) is 4.39 Å². The number of nitrogens with zero attached hydrogens (tertiary/aromatic N) is 1. The van der Waals surface area contributed by atoms with Crippen LogP contribution in [0.3, 0.4) is 0 Å². The maximum atomic E-state index is 12.7. The van der Waals surface area contributed by atoms with Crippen LogP contribution in [-0.4, -0.2) is 11.5 Å². The first-order valence-corrected chi connectivity index (χ1v) is 6.08. The predicted molar refractivity (Wildman–Crippen MR) is 72.1 cm³/mol. The summed E-state index contributed by atoms with van der Waals surface area (Å²) in [5.74, 6) is -0.216. The molecule has 1 heterocycles. The first-order valence-electron chi connectivity index (χ1n) is 5.20. The molecular formula is C12H14ClFN2S. The number of thiazole rings is 1. The molecule has 1 aromatic heterocycles. The van der Waals surface area contributed by atoms with Gasteiger partial charge in [0.25, 0.3) is 0 Å². The van der Waals surface area contributed by atoms with Gasteiger partial charge in [0.15, 0.2) is 0 Å². The number of rotatable bonds is 4. The van der Waals surface area contributed by atoms with Crippen molar-refractivity contribution in [2.45, 2.75) is 13.5 Å². The zero-order chi connectivity index (χ0) is 11.4. The van der Waals surface area contributed by atoms with Crippen molar-refractivity contribution in [3.8, 4) is 11.3 Å². The molecule has 92 valence electrons. The number of benzene rings is 1. The molecule has 0 bridgehead atoms. The van der Waals surface area contributed by atoms with E-state index < -0.39 is 0 Å². The molecule has 0 radical (unpaired) electrons. The minimum absolute atomic E-state index is 0. The van der Waals surface area contributed by atoms with Crippen molar-refractivity contribution in [1.29, 1.82) is 0 Å². The molecule has 0 aliphatic rings. The highest BCUT2D eigenvalue weighted by Gasteiger charge is 2.03. The Balaban J connectivity index is 0.00000144. The molecule has 2 nitrogen and oxygen atoms in total. The van der Waals surface area contributed by atoms with Crippen molar-refractivity contribution < 1.29 is 4.39 Å². The Kier molecular flexibility index (Phi) is 5.55. The minimum atomic E-state index is -0.216. The number of halogens is 2. The minimum Gasteiger partial charge on any atom is -0.311 e.